The molecule has 2 amide bonds. The summed E-state index contributed by atoms with van der Waals surface area (Å²) in [6, 6.07) is 0.520. The summed E-state index contributed by atoms with van der Waals surface area (Å²) < 4.78 is 0. The lowest BCUT2D eigenvalue weighted by molar-refractivity contribution is -0.124. The summed E-state index contributed by atoms with van der Waals surface area (Å²) in [5.74, 6) is -0.0425. The highest BCUT2D eigenvalue weighted by molar-refractivity contribution is 5.81. The molecule has 5 nitrogen and oxygen atoms in total. The second kappa shape index (κ2) is 5.84. The van der Waals surface area contributed by atoms with Gasteiger partial charge in [-0.2, -0.15) is 0 Å². The summed E-state index contributed by atoms with van der Waals surface area (Å²) in [5.41, 5.74) is 0. The van der Waals surface area contributed by atoms with Gasteiger partial charge in [-0.1, -0.05) is 0 Å². The van der Waals surface area contributed by atoms with Crippen molar-refractivity contribution in [3.8, 4) is 0 Å². The van der Waals surface area contributed by atoms with E-state index in [1.165, 1.54) is 0 Å². The molecule has 0 radical (unpaired) electrons. The summed E-state index contributed by atoms with van der Waals surface area (Å²) >= 11 is 0. The Kier molecular flexibility index (Phi) is 4.73. The molecule has 1 rings (SSSR count). The minimum atomic E-state index is -0.0447. The molecule has 16 heavy (non-hydrogen) atoms. The molecule has 0 aromatic heterocycles. The highest BCUT2D eigenvalue weighted by Gasteiger charge is 2.23. The van der Waals surface area contributed by atoms with Gasteiger partial charge in [0, 0.05) is 12.1 Å². The zero-order chi connectivity index (χ0) is 12.1. The lowest BCUT2D eigenvalue weighted by atomic mass is 10.4. The maximum atomic E-state index is 11.4. The van der Waals surface area contributed by atoms with E-state index in [-0.39, 0.29) is 30.9 Å². The van der Waals surface area contributed by atoms with E-state index in [1.54, 1.807) is 11.9 Å². The summed E-state index contributed by atoms with van der Waals surface area (Å²) in [7, 11) is 1.77. The van der Waals surface area contributed by atoms with Gasteiger partial charge in [0.2, 0.25) is 11.8 Å². The molecule has 0 spiro atoms. The van der Waals surface area contributed by atoms with E-state index in [2.05, 4.69) is 10.6 Å². The molecule has 0 aromatic carbocycles. The number of hydrogen-bond donors (Lipinski definition) is 2. The third-order valence-corrected chi connectivity index (χ3v) is 2.22. The van der Waals surface area contributed by atoms with Crippen molar-refractivity contribution >= 4 is 11.8 Å². The van der Waals surface area contributed by atoms with Gasteiger partial charge in [0.15, 0.2) is 0 Å². The van der Waals surface area contributed by atoms with Crippen LogP contribution >= 0.6 is 0 Å². The summed E-state index contributed by atoms with van der Waals surface area (Å²) in [5, 5.41) is 5.67. The third kappa shape index (κ3) is 5.70. The Morgan fingerprint density at radius 2 is 1.81 bits per heavy atom. The van der Waals surface area contributed by atoms with Gasteiger partial charge in [0.1, 0.15) is 0 Å². The van der Waals surface area contributed by atoms with Crippen LogP contribution < -0.4 is 10.6 Å². The normalized spacial score (nSPS) is 15.3. The molecule has 92 valence electrons. The molecule has 1 saturated carbocycles. The smallest absolute Gasteiger partial charge is 0.234 e. The summed E-state index contributed by atoms with van der Waals surface area (Å²) in [6.45, 7) is 4.37. The van der Waals surface area contributed by atoms with E-state index in [0.717, 1.165) is 12.8 Å². The Bertz CT molecular complexity index is 244. The maximum Gasteiger partial charge on any atom is 0.234 e. The molecule has 1 aliphatic rings. The molecule has 0 bridgehead atoms. The molecule has 0 unspecified atom stereocenters. The number of carbonyl (C=O) groups excluding carboxylic acids is 2. The van der Waals surface area contributed by atoms with E-state index in [1.807, 2.05) is 13.8 Å². The Hall–Kier alpha value is -1.10. The van der Waals surface area contributed by atoms with Crippen molar-refractivity contribution in [1.82, 2.24) is 15.5 Å². The van der Waals surface area contributed by atoms with Crippen LogP contribution in [0.25, 0.3) is 0 Å². The van der Waals surface area contributed by atoms with Gasteiger partial charge >= 0.3 is 0 Å². The van der Waals surface area contributed by atoms with Crippen LogP contribution in [0.3, 0.4) is 0 Å². The lowest BCUT2D eigenvalue weighted by Crippen LogP contribution is -2.42. The van der Waals surface area contributed by atoms with Crippen molar-refractivity contribution in [1.29, 1.82) is 0 Å². The van der Waals surface area contributed by atoms with Crippen molar-refractivity contribution in [3.05, 3.63) is 0 Å². The van der Waals surface area contributed by atoms with Crippen LogP contribution in [0.15, 0.2) is 0 Å². The zero-order valence-electron chi connectivity index (χ0n) is 10.2. The first-order valence-electron chi connectivity index (χ1n) is 5.74. The first-order valence-corrected chi connectivity index (χ1v) is 5.74. The first kappa shape index (κ1) is 13.0. The van der Waals surface area contributed by atoms with Gasteiger partial charge in [-0.25, -0.2) is 0 Å². The van der Waals surface area contributed by atoms with Crippen molar-refractivity contribution in [2.24, 2.45) is 0 Å². The van der Waals surface area contributed by atoms with Crippen LogP contribution in [-0.4, -0.2) is 48.9 Å². The SMILES string of the molecule is CC(C)NC(=O)CN(C)CC(=O)NC1CC1. The van der Waals surface area contributed by atoms with Gasteiger partial charge < -0.3 is 10.6 Å². The molecule has 0 saturated heterocycles. The van der Waals surface area contributed by atoms with Crippen LogP contribution in [0.2, 0.25) is 0 Å². The number of amides is 2. The second-order valence-electron chi connectivity index (χ2n) is 4.74. The second-order valence-corrected chi connectivity index (χ2v) is 4.74. The van der Waals surface area contributed by atoms with Gasteiger partial charge in [-0.05, 0) is 33.7 Å². The largest absolute Gasteiger partial charge is 0.353 e. The molecular formula is C11H21N3O2. The maximum absolute atomic E-state index is 11.4. The Morgan fingerprint density at radius 3 is 2.31 bits per heavy atom. The number of nitrogens with one attached hydrogen (secondary N) is 2. The molecule has 0 aromatic rings. The predicted octanol–water partition coefficient (Wildman–Crippen LogP) is -0.279. The Balaban J connectivity index is 2.15. The minimum absolute atomic E-state index is 0.00217. The number of likely N-dealkylation sites (N-methyl/N-ethyl adjacent to an activating group) is 1. The van der Waals surface area contributed by atoms with E-state index in [9.17, 15) is 9.59 Å². The molecule has 2 N–H and O–H groups in total. The van der Waals surface area contributed by atoms with Crippen LogP contribution in [-0.2, 0) is 9.59 Å². The fourth-order valence-electron chi connectivity index (χ4n) is 1.41. The quantitative estimate of drug-likeness (QED) is 0.656. The summed E-state index contributed by atoms with van der Waals surface area (Å²) in [4.78, 5) is 24.5. The average Bonchev–Trinajstić information content (AvgIpc) is 2.84. The average molecular weight is 227 g/mol. The third-order valence-electron chi connectivity index (χ3n) is 2.22. The number of rotatable bonds is 6. The van der Waals surface area contributed by atoms with Crippen LogP contribution in [0.1, 0.15) is 26.7 Å². The molecule has 0 heterocycles. The van der Waals surface area contributed by atoms with Crippen molar-refractivity contribution in [2.75, 3.05) is 20.1 Å². The predicted molar refractivity (Wildman–Crippen MR) is 61.9 cm³/mol. The van der Waals surface area contributed by atoms with Crippen LogP contribution in [0, 0.1) is 0 Å². The molecule has 0 atom stereocenters. The topological polar surface area (TPSA) is 61.4 Å². The highest BCUT2D eigenvalue weighted by atomic mass is 16.2. The molecule has 0 aliphatic heterocycles. The fraction of sp³-hybridized carbons (Fsp3) is 0.818. The van der Waals surface area contributed by atoms with Gasteiger partial charge in [-0.15, -0.1) is 0 Å². The van der Waals surface area contributed by atoms with E-state index in [0.29, 0.717) is 6.04 Å². The Labute approximate surface area is 96.6 Å². The van der Waals surface area contributed by atoms with E-state index < -0.39 is 0 Å². The van der Waals surface area contributed by atoms with Crippen molar-refractivity contribution < 1.29 is 9.59 Å². The highest BCUT2D eigenvalue weighted by Crippen LogP contribution is 2.18. The summed E-state index contributed by atoms with van der Waals surface area (Å²) in [6.07, 6.45) is 2.17. The van der Waals surface area contributed by atoms with Gasteiger partial charge in [0.05, 0.1) is 13.1 Å². The molecule has 1 fully saturated rings. The van der Waals surface area contributed by atoms with Gasteiger partial charge in [-0.3, -0.25) is 14.5 Å². The number of hydrogen-bond acceptors (Lipinski definition) is 3. The fourth-order valence-corrected chi connectivity index (χ4v) is 1.41. The minimum Gasteiger partial charge on any atom is -0.353 e. The number of carbonyl (C=O) groups is 2. The van der Waals surface area contributed by atoms with E-state index in [4.69, 9.17) is 0 Å². The van der Waals surface area contributed by atoms with Crippen molar-refractivity contribution in [2.45, 2.75) is 38.8 Å². The molecule has 1 aliphatic carbocycles. The monoisotopic (exact) mass is 227 g/mol. The van der Waals surface area contributed by atoms with E-state index >= 15 is 0 Å². The Morgan fingerprint density at radius 1 is 1.25 bits per heavy atom. The lowest BCUT2D eigenvalue weighted by Gasteiger charge is -2.16. The molecule has 5 heteroatoms. The number of nitrogens with zero attached hydrogens (tertiary/aromatic N) is 1. The zero-order valence-corrected chi connectivity index (χ0v) is 10.2. The molecular weight excluding hydrogens is 206 g/mol. The van der Waals surface area contributed by atoms with Gasteiger partial charge in [0.25, 0.3) is 0 Å². The van der Waals surface area contributed by atoms with Crippen molar-refractivity contribution in [3.63, 3.8) is 0 Å². The standard InChI is InChI=1S/C11H21N3O2/c1-8(2)12-10(15)6-14(3)7-11(16)13-9-4-5-9/h8-9H,4-7H2,1-3H3,(H,12,15)(H,13,16). The van der Waals surface area contributed by atoms with Crippen LogP contribution in [0.4, 0.5) is 0 Å². The van der Waals surface area contributed by atoms with Crippen LogP contribution in [0.5, 0.6) is 0 Å². The first-order chi connectivity index (χ1) is 7.47.